The minimum absolute atomic E-state index is 0.573. The molecule has 0 radical (unpaired) electrons. The summed E-state index contributed by atoms with van der Waals surface area (Å²) in [5, 5.41) is 18.8. The predicted molar refractivity (Wildman–Crippen MR) is 45.2 cm³/mol. The first-order chi connectivity index (χ1) is 4.96. The van der Waals surface area contributed by atoms with E-state index in [1.807, 2.05) is 13.8 Å². The van der Waals surface area contributed by atoms with E-state index in [-0.39, 0.29) is 0 Å². The summed E-state index contributed by atoms with van der Waals surface area (Å²) in [6.45, 7) is 5.37. The average Bonchev–Trinajstić information content (AvgIpc) is 2.01. The Morgan fingerprint density at radius 3 is 1.64 bits per heavy atom. The second-order valence-electron chi connectivity index (χ2n) is 3.21. The molecule has 2 atom stereocenters. The lowest BCUT2D eigenvalue weighted by Crippen LogP contribution is -2.56. The van der Waals surface area contributed by atoms with Crippen LogP contribution in [-0.2, 0) is 0 Å². The van der Waals surface area contributed by atoms with Crippen molar-refractivity contribution in [1.29, 1.82) is 0 Å². The Bertz CT molecular complexity index is 103. The lowest BCUT2D eigenvalue weighted by molar-refractivity contribution is -0.00374. The molecule has 2 unspecified atom stereocenters. The van der Waals surface area contributed by atoms with Gasteiger partial charge in [0.25, 0.3) is 0 Å². The molecule has 0 saturated carbocycles. The van der Waals surface area contributed by atoms with Gasteiger partial charge in [0.2, 0.25) is 0 Å². The molecule has 0 amide bonds. The molecule has 3 heteroatoms. The standard InChI is InChI=1S/C8H19NO2/c1-4-6(10)8(3,9)7(11)5-2/h6-7,10-11H,4-5,9H2,1-3H3. The summed E-state index contributed by atoms with van der Waals surface area (Å²) in [6.07, 6.45) is -0.108. The Hall–Kier alpha value is -0.120. The van der Waals surface area contributed by atoms with Crippen LogP contribution in [-0.4, -0.2) is 28.0 Å². The highest BCUT2D eigenvalue weighted by atomic mass is 16.3. The molecular formula is C8H19NO2. The second kappa shape index (κ2) is 4.04. The van der Waals surface area contributed by atoms with Gasteiger partial charge in [0.05, 0.1) is 17.7 Å². The van der Waals surface area contributed by atoms with Crippen LogP contribution in [0.25, 0.3) is 0 Å². The van der Waals surface area contributed by atoms with Gasteiger partial charge in [-0.1, -0.05) is 13.8 Å². The van der Waals surface area contributed by atoms with Crippen LogP contribution in [0.4, 0.5) is 0 Å². The zero-order valence-corrected chi connectivity index (χ0v) is 7.54. The van der Waals surface area contributed by atoms with Gasteiger partial charge >= 0.3 is 0 Å². The van der Waals surface area contributed by atoms with E-state index in [0.717, 1.165) is 0 Å². The van der Waals surface area contributed by atoms with Crippen LogP contribution in [0, 0.1) is 0 Å². The van der Waals surface area contributed by atoms with Crippen LogP contribution in [0.3, 0.4) is 0 Å². The molecule has 0 aliphatic heterocycles. The number of hydrogen-bond donors (Lipinski definition) is 3. The predicted octanol–water partition coefficient (Wildman–Crippen LogP) is 0.246. The van der Waals surface area contributed by atoms with Crippen molar-refractivity contribution in [2.75, 3.05) is 0 Å². The third kappa shape index (κ3) is 2.43. The van der Waals surface area contributed by atoms with E-state index in [1.165, 1.54) is 0 Å². The van der Waals surface area contributed by atoms with Gasteiger partial charge in [0, 0.05) is 0 Å². The zero-order valence-electron chi connectivity index (χ0n) is 7.54. The monoisotopic (exact) mass is 161 g/mol. The molecule has 0 heterocycles. The molecular weight excluding hydrogens is 142 g/mol. The molecule has 0 aromatic rings. The van der Waals surface area contributed by atoms with Crippen molar-refractivity contribution in [3.63, 3.8) is 0 Å². The van der Waals surface area contributed by atoms with Crippen molar-refractivity contribution in [3.8, 4) is 0 Å². The molecule has 4 N–H and O–H groups in total. The summed E-state index contributed by atoms with van der Waals surface area (Å²) >= 11 is 0. The maximum Gasteiger partial charge on any atom is 0.0739 e. The van der Waals surface area contributed by atoms with Crippen molar-refractivity contribution in [1.82, 2.24) is 0 Å². The fraction of sp³-hybridized carbons (Fsp3) is 1.00. The molecule has 0 bridgehead atoms. The van der Waals surface area contributed by atoms with E-state index < -0.39 is 17.7 Å². The highest BCUT2D eigenvalue weighted by Gasteiger charge is 2.33. The molecule has 0 aromatic carbocycles. The quantitative estimate of drug-likeness (QED) is 0.553. The van der Waals surface area contributed by atoms with Gasteiger partial charge < -0.3 is 15.9 Å². The molecule has 0 spiro atoms. The Labute approximate surface area is 68.2 Å². The van der Waals surface area contributed by atoms with Gasteiger partial charge in [-0.2, -0.15) is 0 Å². The minimum Gasteiger partial charge on any atom is -0.391 e. The van der Waals surface area contributed by atoms with Crippen LogP contribution in [0.15, 0.2) is 0 Å². The number of aliphatic hydroxyl groups is 2. The van der Waals surface area contributed by atoms with E-state index >= 15 is 0 Å². The van der Waals surface area contributed by atoms with Gasteiger partial charge in [0.1, 0.15) is 0 Å². The first-order valence-electron chi connectivity index (χ1n) is 4.11. The molecule has 0 saturated heterocycles. The molecule has 0 rings (SSSR count). The molecule has 0 aliphatic carbocycles. The lowest BCUT2D eigenvalue weighted by Gasteiger charge is -2.34. The molecule has 68 valence electrons. The summed E-state index contributed by atoms with van der Waals surface area (Å²) < 4.78 is 0. The largest absolute Gasteiger partial charge is 0.391 e. The topological polar surface area (TPSA) is 66.5 Å². The van der Waals surface area contributed by atoms with Crippen molar-refractivity contribution >= 4 is 0 Å². The second-order valence-corrected chi connectivity index (χ2v) is 3.21. The summed E-state index contributed by atoms with van der Waals surface area (Å²) in [4.78, 5) is 0. The fourth-order valence-corrected chi connectivity index (χ4v) is 1.10. The fourth-order valence-electron chi connectivity index (χ4n) is 1.10. The molecule has 11 heavy (non-hydrogen) atoms. The lowest BCUT2D eigenvalue weighted by atomic mass is 9.87. The first kappa shape index (κ1) is 10.9. The smallest absolute Gasteiger partial charge is 0.0739 e. The maximum atomic E-state index is 9.40. The number of hydrogen-bond acceptors (Lipinski definition) is 3. The number of rotatable bonds is 4. The van der Waals surface area contributed by atoms with Crippen LogP contribution in [0.1, 0.15) is 33.6 Å². The van der Waals surface area contributed by atoms with Gasteiger partial charge in [-0.25, -0.2) is 0 Å². The van der Waals surface area contributed by atoms with E-state index in [4.69, 9.17) is 5.73 Å². The van der Waals surface area contributed by atoms with Gasteiger partial charge in [0.15, 0.2) is 0 Å². The summed E-state index contributed by atoms with van der Waals surface area (Å²) in [5.41, 5.74) is 4.85. The summed E-state index contributed by atoms with van der Waals surface area (Å²) in [7, 11) is 0. The van der Waals surface area contributed by atoms with E-state index in [9.17, 15) is 10.2 Å². The van der Waals surface area contributed by atoms with Gasteiger partial charge in [-0.05, 0) is 19.8 Å². The minimum atomic E-state index is -0.872. The number of nitrogens with two attached hydrogens (primary N) is 1. The highest BCUT2D eigenvalue weighted by molar-refractivity contribution is 4.92. The zero-order chi connectivity index (χ0) is 9.07. The van der Waals surface area contributed by atoms with Crippen molar-refractivity contribution in [2.24, 2.45) is 5.73 Å². The van der Waals surface area contributed by atoms with Crippen LogP contribution in [0.5, 0.6) is 0 Å². The first-order valence-corrected chi connectivity index (χ1v) is 4.11. The Morgan fingerprint density at radius 2 is 1.45 bits per heavy atom. The molecule has 0 aromatic heterocycles. The summed E-state index contributed by atoms with van der Waals surface area (Å²) in [6, 6.07) is 0. The van der Waals surface area contributed by atoms with E-state index in [0.29, 0.717) is 12.8 Å². The summed E-state index contributed by atoms with van der Waals surface area (Å²) in [5.74, 6) is 0. The van der Waals surface area contributed by atoms with Crippen molar-refractivity contribution in [3.05, 3.63) is 0 Å². The van der Waals surface area contributed by atoms with Crippen LogP contribution in [0.2, 0.25) is 0 Å². The van der Waals surface area contributed by atoms with Gasteiger partial charge in [-0.15, -0.1) is 0 Å². The Kier molecular flexibility index (Phi) is 4.00. The van der Waals surface area contributed by atoms with E-state index in [1.54, 1.807) is 6.92 Å². The van der Waals surface area contributed by atoms with Crippen molar-refractivity contribution < 1.29 is 10.2 Å². The Morgan fingerprint density at radius 1 is 1.18 bits per heavy atom. The van der Waals surface area contributed by atoms with E-state index in [2.05, 4.69) is 0 Å². The normalized spacial score (nSPS) is 22.4. The van der Waals surface area contributed by atoms with Crippen LogP contribution >= 0.6 is 0 Å². The molecule has 3 nitrogen and oxygen atoms in total. The van der Waals surface area contributed by atoms with Gasteiger partial charge in [-0.3, -0.25) is 0 Å². The van der Waals surface area contributed by atoms with Crippen LogP contribution < -0.4 is 5.73 Å². The SMILES string of the molecule is CCC(O)C(C)(N)C(O)CC. The molecule has 0 fully saturated rings. The third-order valence-electron chi connectivity index (χ3n) is 2.21. The maximum absolute atomic E-state index is 9.40. The number of aliphatic hydroxyl groups excluding tert-OH is 2. The molecule has 0 aliphatic rings. The van der Waals surface area contributed by atoms with Crippen molar-refractivity contribution in [2.45, 2.75) is 51.4 Å². The highest BCUT2D eigenvalue weighted by Crippen LogP contribution is 2.16. The Balaban J connectivity index is 4.18. The third-order valence-corrected chi connectivity index (χ3v) is 2.21. The average molecular weight is 161 g/mol.